The first-order valence-electron chi connectivity index (χ1n) is 8.80. The quantitative estimate of drug-likeness (QED) is 0.726. The molecule has 0 unspecified atom stereocenters. The van der Waals surface area contributed by atoms with Gasteiger partial charge in [-0.05, 0) is 56.0 Å². The van der Waals surface area contributed by atoms with Gasteiger partial charge in [0.2, 0.25) is 0 Å². The first-order valence-corrected chi connectivity index (χ1v) is 10.0. The third kappa shape index (κ3) is 3.04. The Bertz CT molecular complexity index is 959. The molecule has 3 heterocycles. The third-order valence-electron chi connectivity index (χ3n) is 5.18. The fourth-order valence-corrected chi connectivity index (χ4v) is 4.48. The second-order valence-electron chi connectivity index (χ2n) is 6.86. The number of carbonyl (C=O) groups is 1. The van der Waals surface area contributed by atoms with Crippen molar-refractivity contribution in [3.8, 4) is 11.3 Å². The van der Waals surface area contributed by atoms with Gasteiger partial charge in [0.05, 0.1) is 10.3 Å². The minimum Gasteiger partial charge on any atom is -0.315 e. The number of rotatable bonds is 5. The predicted octanol–water partition coefficient (Wildman–Crippen LogP) is 3.14. The molecule has 1 aliphatic heterocycles. The van der Waals surface area contributed by atoms with Crippen LogP contribution in [-0.4, -0.2) is 45.1 Å². The third-order valence-corrected chi connectivity index (χ3v) is 6.53. The van der Waals surface area contributed by atoms with Gasteiger partial charge in [-0.2, -0.15) is 5.10 Å². The van der Waals surface area contributed by atoms with Crippen molar-refractivity contribution >= 4 is 28.4 Å². The van der Waals surface area contributed by atoms with Crippen LogP contribution in [-0.2, 0) is 11.2 Å². The maximum atomic E-state index is 12.9. The Morgan fingerprint density at radius 2 is 2.19 bits per heavy atom. The average molecular weight is 366 g/mol. The summed E-state index contributed by atoms with van der Waals surface area (Å²) in [4.78, 5) is 17.2. The molecule has 0 saturated carbocycles. The molecule has 0 amide bonds. The number of aromatic nitrogens is 3. The van der Waals surface area contributed by atoms with Gasteiger partial charge >= 0.3 is 0 Å². The van der Waals surface area contributed by atoms with Crippen molar-refractivity contribution in [3.63, 3.8) is 0 Å². The number of hydrogen-bond donors (Lipinski definition) is 2. The molecule has 1 atom stereocenters. The van der Waals surface area contributed by atoms with E-state index in [4.69, 9.17) is 0 Å². The van der Waals surface area contributed by atoms with E-state index in [0.717, 1.165) is 52.9 Å². The maximum Gasteiger partial charge on any atom is 0.154 e. The maximum absolute atomic E-state index is 12.9. The highest BCUT2D eigenvalue weighted by molar-refractivity contribution is 8.00. The molecule has 4 rings (SSSR count). The van der Waals surface area contributed by atoms with E-state index >= 15 is 0 Å². The van der Waals surface area contributed by atoms with Crippen LogP contribution in [0.2, 0.25) is 0 Å². The van der Waals surface area contributed by atoms with Gasteiger partial charge in [0.1, 0.15) is 5.69 Å². The molecule has 1 fully saturated rings. The van der Waals surface area contributed by atoms with Crippen molar-refractivity contribution in [1.82, 2.24) is 20.5 Å². The second kappa shape index (κ2) is 6.85. The monoisotopic (exact) mass is 366 g/mol. The fraction of sp³-hybridized carbons (Fsp3) is 0.350. The van der Waals surface area contributed by atoms with Crippen LogP contribution in [0.5, 0.6) is 0 Å². The number of nitrogens with zero attached hydrogens (tertiary/aromatic N) is 2. The molecular formula is C20H22N4OS. The van der Waals surface area contributed by atoms with E-state index in [1.807, 2.05) is 37.4 Å². The Morgan fingerprint density at radius 1 is 1.31 bits per heavy atom. The molecule has 2 N–H and O–H groups in total. The zero-order valence-corrected chi connectivity index (χ0v) is 15.8. The van der Waals surface area contributed by atoms with Crippen molar-refractivity contribution < 1.29 is 4.79 Å². The Kier molecular flexibility index (Phi) is 4.54. The summed E-state index contributed by atoms with van der Waals surface area (Å²) in [5.41, 5.74) is 4.92. The van der Waals surface area contributed by atoms with Gasteiger partial charge in [0.15, 0.2) is 5.78 Å². The van der Waals surface area contributed by atoms with Crippen LogP contribution < -0.4 is 5.32 Å². The Labute approximate surface area is 157 Å². The number of thioether (sulfide) groups is 1. The fourth-order valence-electron chi connectivity index (χ4n) is 3.63. The molecule has 3 aromatic rings. The number of Topliss-reactive ketones (excluding diaryl/α,β-unsaturated/α-hetero) is 1. The number of pyridine rings is 1. The average Bonchev–Trinajstić information content (AvgIpc) is 3.29. The lowest BCUT2D eigenvalue weighted by Gasteiger charge is -2.24. The molecule has 6 heteroatoms. The summed E-state index contributed by atoms with van der Waals surface area (Å²) in [6.45, 7) is 3.65. The van der Waals surface area contributed by atoms with Crippen LogP contribution in [0.3, 0.4) is 0 Å². The molecule has 1 aliphatic rings. The van der Waals surface area contributed by atoms with Crippen molar-refractivity contribution in [2.75, 3.05) is 19.3 Å². The molecule has 134 valence electrons. The van der Waals surface area contributed by atoms with E-state index in [1.54, 1.807) is 18.0 Å². The largest absolute Gasteiger partial charge is 0.315 e. The number of aromatic amines is 1. The topological polar surface area (TPSA) is 70.7 Å². The number of ketones is 1. The van der Waals surface area contributed by atoms with Crippen LogP contribution in [0.4, 0.5) is 0 Å². The van der Waals surface area contributed by atoms with Crippen molar-refractivity contribution in [1.29, 1.82) is 0 Å². The number of nitrogens with one attached hydrogen (secondary N) is 2. The second-order valence-corrected chi connectivity index (χ2v) is 8.05. The normalized spacial score (nSPS) is 19.9. The van der Waals surface area contributed by atoms with Crippen molar-refractivity contribution in [2.45, 2.75) is 24.5 Å². The Hall–Kier alpha value is -2.18. The molecule has 0 bridgehead atoms. The minimum atomic E-state index is -0.281. The van der Waals surface area contributed by atoms with Crippen molar-refractivity contribution in [3.05, 3.63) is 47.8 Å². The SMILES string of the molecule is CS[C@@]1(C(=O)Cc2ccc3[nH]nc(-c4ccnc(C)c4)c3c2)CCNC1. The summed E-state index contributed by atoms with van der Waals surface area (Å²) in [6.07, 6.45) is 5.20. The summed E-state index contributed by atoms with van der Waals surface area (Å²) in [7, 11) is 0. The van der Waals surface area contributed by atoms with Gasteiger partial charge in [-0.15, -0.1) is 11.8 Å². The smallest absolute Gasteiger partial charge is 0.154 e. The van der Waals surface area contributed by atoms with Gasteiger partial charge in [-0.1, -0.05) is 6.07 Å². The van der Waals surface area contributed by atoms with E-state index in [2.05, 4.69) is 26.6 Å². The first-order chi connectivity index (χ1) is 12.6. The Balaban J connectivity index is 1.67. The molecule has 0 spiro atoms. The van der Waals surface area contributed by atoms with Gasteiger partial charge in [0, 0.05) is 35.8 Å². The zero-order chi connectivity index (χ0) is 18.1. The van der Waals surface area contributed by atoms with E-state index in [0.29, 0.717) is 12.2 Å². The summed E-state index contributed by atoms with van der Waals surface area (Å²) >= 11 is 1.68. The number of hydrogen-bond acceptors (Lipinski definition) is 5. The van der Waals surface area contributed by atoms with Crippen LogP contribution in [0.1, 0.15) is 17.7 Å². The van der Waals surface area contributed by atoms with Crippen LogP contribution in [0.15, 0.2) is 36.5 Å². The Morgan fingerprint density at radius 3 is 2.92 bits per heavy atom. The molecule has 2 aromatic heterocycles. The zero-order valence-electron chi connectivity index (χ0n) is 15.0. The summed E-state index contributed by atoms with van der Waals surface area (Å²) < 4.78 is -0.281. The predicted molar refractivity (Wildman–Crippen MR) is 107 cm³/mol. The van der Waals surface area contributed by atoms with Gasteiger partial charge in [-0.3, -0.25) is 14.9 Å². The minimum absolute atomic E-state index is 0.281. The van der Waals surface area contributed by atoms with E-state index in [1.165, 1.54) is 0 Å². The molecule has 1 aromatic carbocycles. The van der Waals surface area contributed by atoms with Crippen LogP contribution in [0, 0.1) is 6.92 Å². The number of fused-ring (bicyclic) bond motifs is 1. The first kappa shape index (κ1) is 17.2. The van der Waals surface area contributed by atoms with Gasteiger partial charge in [0.25, 0.3) is 0 Å². The number of benzene rings is 1. The highest BCUT2D eigenvalue weighted by atomic mass is 32.2. The number of aryl methyl sites for hydroxylation is 1. The van der Waals surface area contributed by atoms with Gasteiger partial charge in [-0.25, -0.2) is 0 Å². The number of carbonyl (C=O) groups excluding carboxylic acids is 1. The lowest BCUT2D eigenvalue weighted by molar-refractivity contribution is -0.120. The highest BCUT2D eigenvalue weighted by Gasteiger charge is 2.39. The van der Waals surface area contributed by atoms with Crippen LogP contribution in [0.25, 0.3) is 22.2 Å². The lowest BCUT2D eigenvalue weighted by atomic mass is 9.95. The van der Waals surface area contributed by atoms with E-state index < -0.39 is 0 Å². The molecular weight excluding hydrogens is 344 g/mol. The molecule has 0 aliphatic carbocycles. The highest BCUT2D eigenvalue weighted by Crippen LogP contribution is 2.33. The lowest BCUT2D eigenvalue weighted by Crippen LogP contribution is -2.38. The van der Waals surface area contributed by atoms with E-state index in [9.17, 15) is 4.79 Å². The molecule has 1 saturated heterocycles. The van der Waals surface area contributed by atoms with Crippen molar-refractivity contribution in [2.24, 2.45) is 0 Å². The summed E-state index contributed by atoms with van der Waals surface area (Å²) in [5, 5.41) is 11.9. The number of H-pyrrole nitrogens is 1. The van der Waals surface area contributed by atoms with Gasteiger partial charge < -0.3 is 5.32 Å². The summed E-state index contributed by atoms with van der Waals surface area (Å²) in [6, 6.07) is 10.1. The molecule has 26 heavy (non-hydrogen) atoms. The molecule has 5 nitrogen and oxygen atoms in total. The standard InChI is InChI=1S/C20H22N4OS/c1-13-9-15(5-7-22-13)19-16-10-14(3-4-17(16)23-24-19)11-18(25)20(26-2)6-8-21-12-20/h3-5,7,9-10,21H,6,8,11-12H2,1-2H3,(H,23,24)/t20-/m0/s1. The summed E-state index contributed by atoms with van der Waals surface area (Å²) in [5.74, 6) is 0.305. The van der Waals surface area contributed by atoms with Crippen LogP contribution >= 0.6 is 11.8 Å². The van der Waals surface area contributed by atoms with E-state index in [-0.39, 0.29) is 4.75 Å². The molecule has 0 radical (unpaired) electrons.